The van der Waals surface area contributed by atoms with Gasteiger partial charge in [-0.3, -0.25) is 4.79 Å². The fraction of sp³-hybridized carbons (Fsp3) is 0.211. The smallest absolute Gasteiger partial charge is 0.261 e. The van der Waals surface area contributed by atoms with E-state index >= 15 is 0 Å². The van der Waals surface area contributed by atoms with Gasteiger partial charge in [-0.2, -0.15) is 0 Å². The summed E-state index contributed by atoms with van der Waals surface area (Å²) >= 11 is 7.88. The number of nitrogens with zero attached hydrogens (tertiary/aromatic N) is 2. The first-order valence-electron chi connectivity index (χ1n) is 8.19. The fourth-order valence-electron chi connectivity index (χ4n) is 2.97. The second kappa shape index (κ2) is 7.05. The molecule has 1 aliphatic rings. The number of hydrogen-bond acceptors (Lipinski definition) is 5. The van der Waals surface area contributed by atoms with E-state index in [4.69, 9.17) is 16.3 Å². The van der Waals surface area contributed by atoms with Crippen LogP contribution >= 0.6 is 22.9 Å². The van der Waals surface area contributed by atoms with Gasteiger partial charge in [0.25, 0.3) is 5.91 Å². The van der Waals surface area contributed by atoms with Crippen molar-refractivity contribution >= 4 is 28.8 Å². The van der Waals surface area contributed by atoms with Crippen LogP contribution in [0.2, 0.25) is 5.02 Å². The Labute approximate surface area is 160 Å². The van der Waals surface area contributed by atoms with E-state index in [0.717, 1.165) is 21.6 Å². The summed E-state index contributed by atoms with van der Waals surface area (Å²) in [7, 11) is 0. The highest BCUT2D eigenvalue weighted by Gasteiger charge is 2.26. The third-order valence-electron chi connectivity index (χ3n) is 4.20. The van der Waals surface area contributed by atoms with Gasteiger partial charge < -0.3 is 10.1 Å². The van der Waals surface area contributed by atoms with Crippen molar-refractivity contribution in [1.82, 2.24) is 15.3 Å². The molecule has 1 unspecified atom stereocenters. The maximum atomic E-state index is 12.2. The predicted octanol–water partition coefficient (Wildman–Crippen LogP) is 3.90. The lowest BCUT2D eigenvalue weighted by Crippen LogP contribution is -2.34. The third kappa shape index (κ3) is 3.43. The molecular weight excluding hydrogens is 370 g/mol. The van der Waals surface area contributed by atoms with Gasteiger partial charge in [-0.15, -0.1) is 11.3 Å². The molecule has 2 aromatic heterocycles. The molecule has 0 saturated heterocycles. The van der Waals surface area contributed by atoms with Crippen molar-refractivity contribution in [3.05, 3.63) is 63.3 Å². The molecule has 26 heavy (non-hydrogen) atoms. The van der Waals surface area contributed by atoms with Crippen LogP contribution in [-0.2, 0) is 6.42 Å². The third-order valence-corrected chi connectivity index (χ3v) is 5.48. The molecule has 7 heteroatoms. The summed E-state index contributed by atoms with van der Waals surface area (Å²) in [4.78, 5) is 22.1. The summed E-state index contributed by atoms with van der Waals surface area (Å²) < 4.78 is 5.95. The van der Waals surface area contributed by atoms with Crippen molar-refractivity contribution < 1.29 is 9.53 Å². The number of benzene rings is 1. The minimum atomic E-state index is -0.130. The molecule has 0 radical (unpaired) electrons. The molecule has 1 atom stereocenters. The molecule has 1 N–H and O–H groups in total. The summed E-state index contributed by atoms with van der Waals surface area (Å²) in [5.41, 5.74) is 2.89. The van der Waals surface area contributed by atoms with E-state index in [-0.39, 0.29) is 12.0 Å². The highest BCUT2D eigenvalue weighted by molar-refractivity contribution is 7.13. The molecule has 5 nitrogen and oxygen atoms in total. The Morgan fingerprint density at radius 1 is 1.31 bits per heavy atom. The van der Waals surface area contributed by atoms with Gasteiger partial charge in [-0.05, 0) is 36.8 Å². The molecule has 0 bridgehead atoms. The second-order valence-corrected chi connectivity index (χ2v) is 7.83. The van der Waals surface area contributed by atoms with Crippen molar-refractivity contribution in [1.29, 1.82) is 0 Å². The Morgan fingerprint density at radius 3 is 2.85 bits per heavy atom. The van der Waals surface area contributed by atoms with Crippen molar-refractivity contribution in [3.63, 3.8) is 0 Å². The monoisotopic (exact) mass is 385 g/mol. The first-order chi connectivity index (χ1) is 12.6. The number of hydrogen-bond donors (Lipinski definition) is 1. The minimum Gasteiger partial charge on any atom is -0.486 e. The Morgan fingerprint density at radius 2 is 2.12 bits per heavy atom. The van der Waals surface area contributed by atoms with Crippen LogP contribution in [0.5, 0.6) is 5.75 Å². The molecule has 1 amide bonds. The zero-order valence-corrected chi connectivity index (χ0v) is 15.6. The zero-order valence-electron chi connectivity index (χ0n) is 14.0. The summed E-state index contributed by atoms with van der Waals surface area (Å²) in [6.07, 6.45) is 5.56. The number of thiophene rings is 1. The quantitative estimate of drug-likeness (QED) is 0.739. The number of halogens is 1. The molecule has 0 fully saturated rings. The lowest BCUT2D eigenvalue weighted by Gasteiger charge is -2.12. The van der Waals surface area contributed by atoms with Crippen LogP contribution in [0, 0.1) is 6.92 Å². The molecule has 1 aliphatic heterocycles. The average Bonchev–Trinajstić information content (AvgIpc) is 3.27. The van der Waals surface area contributed by atoms with Crippen LogP contribution in [-0.4, -0.2) is 28.5 Å². The highest BCUT2D eigenvalue weighted by atomic mass is 35.5. The number of aryl methyl sites for hydroxylation is 1. The first-order valence-corrected chi connectivity index (χ1v) is 9.38. The van der Waals surface area contributed by atoms with Crippen molar-refractivity contribution in [2.45, 2.75) is 19.4 Å². The molecule has 1 aromatic carbocycles. The second-order valence-electron chi connectivity index (χ2n) is 6.14. The number of carbonyl (C=O) groups excluding carboxylic acids is 1. The number of fused-ring (bicyclic) bond motifs is 1. The Hall–Kier alpha value is -2.44. The van der Waals surface area contributed by atoms with Gasteiger partial charge in [0.15, 0.2) is 0 Å². The average molecular weight is 386 g/mol. The number of ether oxygens (including phenoxy) is 1. The van der Waals surface area contributed by atoms with Gasteiger partial charge in [-0.1, -0.05) is 11.6 Å². The normalized spacial score (nSPS) is 15.4. The molecular formula is C19H16ClN3O2S. The Balaban J connectivity index is 1.45. The van der Waals surface area contributed by atoms with Gasteiger partial charge in [0.05, 0.1) is 16.4 Å². The number of carbonyl (C=O) groups is 1. The van der Waals surface area contributed by atoms with Gasteiger partial charge in [0.2, 0.25) is 0 Å². The van der Waals surface area contributed by atoms with E-state index in [9.17, 15) is 4.79 Å². The summed E-state index contributed by atoms with van der Waals surface area (Å²) in [6, 6.07) is 7.68. The SMILES string of the molecule is Cc1ccc(C(=O)NCC2Cc3cc(-c4cncnc4)cc(Cl)c3O2)s1. The zero-order chi connectivity index (χ0) is 18.1. The van der Waals surface area contributed by atoms with Crippen LogP contribution < -0.4 is 10.1 Å². The Bertz CT molecular complexity index is 959. The molecule has 0 aliphatic carbocycles. The molecule has 3 aromatic rings. The first kappa shape index (κ1) is 17.0. The van der Waals surface area contributed by atoms with Crippen molar-refractivity contribution in [2.24, 2.45) is 0 Å². The minimum absolute atomic E-state index is 0.0733. The van der Waals surface area contributed by atoms with Crippen LogP contribution in [0.4, 0.5) is 0 Å². The van der Waals surface area contributed by atoms with E-state index < -0.39 is 0 Å². The van der Waals surface area contributed by atoms with Crippen LogP contribution in [0.1, 0.15) is 20.1 Å². The lowest BCUT2D eigenvalue weighted by atomic mass is 10.0. The number of rotatable bonds is 4. The highest BCUT2D eigenvalue weighted by Crippen LogP contribution is 2.39. The molecule has 0 spiro atoms. The lowest BCUT2D eigenvalue weighted by molar-refractivity contribution is 0.0937. The van der Waals surface area contributed by atoms with E-state index in [2.05, 4.69) is 15.3 Å². The van der Waals surface area contributed by atoms with Crippen LogP contribution in [0.3, 0.4) is 0 Å². The predicted molar refractivity (Wildman–Crippen MR) is 102 cm³/mol. The molecule has 4 rings (SSSR count). The largest absolute Gasteiger partial charge is 0.486 e. The molecule has 3 heterocycles. The fourth-order valence-corrected chi connectivity index (χ4v) is 4.03. The van der Waals surface area contributed by atoms with Crippen molar-refractivity contribution in [3.8, 4) is 16.9 Å². The van der Waals surface area contributed by atoms with Crippen LogP contribution in [0.25, 0.3) is 11.1 Å². The summed E-state index contributed by atoms with van der Waals surface area (Å²) in [5.74, 6) is 0.620. The Kier molecular flexibility index (Phi) is 4.61. The molecule has 0 saturated carbocycles. The van der Waals surface area contributed by atoms with Crippen LogP contribution in [0.15, 0.2) is 43.0 Å². The number of aromatic nitrogens is 2. The maximum Gasteiger partial charge on any atom is 0.261 e. The van der Waals surface area contributed by atoms with E-state index in [1.807, 2.05) is 31.2 Å². The van der Waals surface area contributed by atoms with Gasteiger partial charge in [0, 0.05) is 34.8 Å². The number of amides is 1. The topological polar surface area (TPSA) is 64.1 Å². The van der Waals surface area contributed by atoms with E-state index in [0.29, 0.717) is 28.6 Å². The van der Waals surface area contributed by atoms with E-state index in [1.54, 1.807) is 12.4 Å². The van der Waals surface area contributed by atoms with E-state index in [1.165, 1.54) is 17.7 Å². The summed E-state index contributed by atoms with van der Waals surface area (Å²) in [5, 5.41) is 3.50. The standard InChI is InChI=1S/C19H16ClN3O2S/c1-11-2-3-17(26-11)19(24)23-9-15-5-13-4-12(6-16(20)18(13)25-15)14-7-21-10-22-8-14/h2-4,6-8,10,15H,5,9H2,1H3,(H,23,24). The van der Waals surface area contributed by atoms with Gasteiger partial charge in [0.1, 0.15) is 18.2 Å². The van der Waals surface area contributed by atoms with Crippen molar-refractivity contribution in [2.75, 3.05) is 6.54 Å². The number of nitrogens with one attached hydrogen (secondary N) is 1. The molecule has 132 valence electrons. The van der Waals surface area contributed by atoms with Gasteiger partial charge in [-0.25, -0.2) is 9.97 Å². The summed E-state index contributed by atoms with van der Waals surface area (Å²) in [6.45, 7) is 2.42. The van der Waals surface area contributed by atoms with Gasteiger partial charge >= 0.3 is 0 Å². The maximum absolute atomic E-state index is 12.2.